The standard InChI is InChI=1S/C9H19N2/c1-5-9-7-11(6-2)8(3)10(9)4/h9H,5-7H2,1-4H3/q+1. The molecule has 0 N–H and O–H groups in total. The molecular weight excluding hydrogens is 136 g/mol. The SMILES string of the molecule is CCC1CN(CC)C(C)=[N+]1C. The fourth-order valence-electron chi connectivity index (χ4n) is 1.76. The molecule has 0 spiro atoms. The third-order valence-electron chi connectivity index (χ3n) is 2.80. The van der Waals surface area contributed by atoms with Crippen LogP contribution >= 0.6 is 0 Å². The number of hydrogen-bond donors (Lipinski definition) is 0. The Hall–Kier alpha value is -0.530. The zero-order valence-corrected chi connectivity index (χ0v) is 8.09. The summed E-state index contributed by atoms with van der Waals surface area (Å²) in [5, 5.41) is 0. The smallest absolute Gasteiger partial charge is 0.243 e. The van der Waals surface area contributed by atoms with E-state index in [2.05, 4.69) is 37.3 Å². The Balaban J connectivity index is 2.71. The average molecular weight is 155 g/mol. The summed E-state index contributed by atoms with van der Waals surface area (Å²) in [5.41, 5.74) is 0. The molecule has 0 radical (unpaired) electrons. The molecular formula is C9H19N2+. The van der Waals surface area contributed by atoms with Crippen LogP contribution in [0.3, 0.4) is 0 Å². The van der Waals surface area contributed by atoms with Gasteiger partial charge in [-0.15, -0.1) is 0 Å². The Morgan fingerprint density at radius 3 is 2.45 bits per heavy atom. The molecule has 0 saturated heterocycles. The molecule has 0 aromatic carbocycles. The maximum atomic E-state index is 2.44. The first kappa shape index (κ1) is 8.57. The van der Waals surface area contributed by atoms with E-state index in [0.717, 1.165) is 12.6 Å². The first-order valence-corrected chi connectivity index (χ1v) is 4.52. The highest BCUT2D eigenvalue weighted by Gasteiger charge is 2.30. The highest BCUT2D eigenvalue weighted by molar-refractivity contribution is 5.75. The van der Waals surface area contributed by atoms with Crippen molar-refractivity contribution in [1.82, 2.24) is 4.90 Å². The van der Waals surface area contributed by atoms with Gasteiger partial charge in [-0.25, -0.2) is 0 Å². The van der Waals surface area contributed by atoms with Crippen molar-refractivity contribution in [2.75, 3.05) is 20.1 Å². The number of rotatable bonds is 2. The van der Waals surface area contributed by atoms with Gasteiger partial charge in [0.1, 0.15) is 12.6 Å². The second-order valence-electron chi connectivity index (χ2n) is 3.26. The van der Waals surface area contributed by atoms with Gasteiger partial charge in [0, 0.05) is 6.92 Å². The number of nitrogens with zero attached hydrogens (tertiary/aromatic N) is 2. The van der Waals surface area contributed by atoms with Crippen molar-refractivity contribution in [2.24, 2.45) is 0 Å². The van der Waals surface area contributed by atoms with Gasteiger partial charge in [-0.3, -0.25) is 9.48 Å². The van der Waals surface area contributed by atoms with Gasteiger partial charge in [-0.2, -0.15) is 0 Å². The van der Waals surface area contributed by atoms with E-state index < -0.39 is 0 Å². The summed E-state index contributed by atoms with van der Waals surface area (Å²) in [4.78, 5) is 2.44. The Morgan fingerprint density at radius 2 is 2.18 bits per heavy atom. The molecule has 2 heteroatoms. The third kappa shape index (κ3) is 1.39. The topological polar surface area (TPSA) is 6.25 Å². The van der Waals surface area contributed by atoms with E-state index in [1.165, 1.54) is 18.8 Å². The summed E-state index contributed by atoms with van der Waals surface area (Å²) in [6, 6.07) is 0.745. The molecule has 0 aliphatic carbocycles. The van der Waals surface area contributed by atoms with Crippen molar-refractivity contribution in [3.05, 3.63) is 0 Å². The van der Waals surface area contributed by atoms with Gasteiger partial charge in [-0.05, 0) is 13.3 Å². The Bertz CT molecular complexity index is 154. The maximum absolute atomic E-state index is 2.44. The van der Waals surface area contributed by atoms with Crippen LogP contribution in [0.5, 0.6) is 0 Å². The van der Waals surface area contributed by atoms with E-state index in [-0.39, 0.29) is 0 Å². The summed E-state index contributed by atoms with van der Waals surface area (Å²) in [5.74, 6) is 1.43. The average Bonchev–Trinajstić information content (AvgIpc) is 2.30. The monoisotopic (exact) mass is 155 g/mol. The summed E-state index contributed by atoms with van der Waals surface area (Å²) in [6.07, 6.45) is 1.25. The minimum atomic E-state index is 0.745. The fourth-order valence-corrected chi connectivity index (χ4v) is 1.76. The molecule has 0 bridgehead atoms. The summed E-state index contributed by atoms with van der Waals surface area (Å²) < 4.78 is 2.39. The molecule has 1 aliphatic heterocycles. The molecule has 0 fully saturated rings. The van der Waals surface area contributed by atoms with Crippen molar-refractivity contribution >= 4 is 5.84 Å². The Labute approximate surface area is 69.5 Å². The molecule has 64 valence electrons. The van der Waals surface area contributed by atoms with Gasteiger partial charge in [0.25, 0.3) is 0 Å². The van der Waals surface area contributed by atoms with Gasteiger partial charge < -0.3 is 0 Å². The quantitative estimate of drug-likeness (QED) is 0.542. The first-order chi connectivity index (χ1) is 5.20. The van der Waals surface area contributed by atoms with Crippen LogP contribution in [0.25, 0.3) is 0 Å². The molecule has 1 atom stereocenters. The van der Waals surface area contributed by atoms with Gasteiger partial charge >= 0.3 is 0 Å². The van der Waals surface area contributed by atoms with Crippen molar-refractivity contribution in [2.45, 2.75) is 33.2 Å². The first-order valence-electron chi connectivity index (χ1n) is 4.52. The van der Waals surface area contributed by atoms with Crippen LogP contribution in [-0.4, -0.2) is 41.5 Å². The lowest BCUT2D eigenvalue weighted by atomic mass is 10.2. The fraction of sp³-hybridized carbons (Fsp3) is 0.889. The molecule has 0 amide bonds. The van der Waals surface area contributed by atoms with E-state index in [0.29, 0.717) is 0 Å². The Morgan fingerprint density at radius 1 is 1.55 bits per heavy atom. The predicted octanol–water partition coefficient (Wildman–Crippen LogP) is 1.16. The lowest BCUT2D eigenvalue weighted by Gasteiger charge is -2.06. The molecule has 0 aromatic rings. The van der Waals surface area contributed by atoms with Crippen LogP contribution < -0.4 is 0 Å². The van der Waals surface area contributed by atoms with Crippen LogP contribution in [0, 0.1) is 0 Å². The molecule has 11 heavy (non-hydrogen) atoms. The zero-order valence-electron chi connectivity index (χ0n) is 8.09. The predicted molar refractivity (Wildman–Crippen MR) is 48.2 cm³/mol. The summed E-state index contributed by atoms with van der Waals surface area (Å²) >= 11 is 0. The molecule has 0 saturated carbocycles. The highest BCUT2D eigenvalue weighted by Crippen LogP contribution is 2.09. The van der Waals surface area contributed by atoms with Gasteiger partial charge in [0.15, 0.2) is 0 Å². The van der Waals surface area contributed by atoms with Crippen molar-refractivity contribution < 1.29 is 4.58 Å². The van der Waals surface area contributed by atoms with Crippen LogP contribution in [0.4, 0.5) is 0 Å². The van der Waals surface area contributed by atoms with Crippen LogP contribution in [0.15, 0.2) is 0 Å². The molecule has 0 aromatic heterocycles. The lowest BCUT2D eigenvalue weighted by Crippen LogP contribution is -2.26. The number of hydrogen-bond acceptors (Lipinski definition) is 1. The van der Waals surface area contributed by atoms with Crippen LogP contribution in [-0.2, 0) is 0 Å². The highest BCUT2D eigenvalue weighted by atomic mass is 15.3. The number of likely N-dealkylation sites (N-methyl/N-ethyl adjacent to an activating group) is 2. The molecule has 1 heterocycles. The molecule has 1 aliphatic rings. The van der Waals surface area contributed by atoms with E-state index in [1.54, 1.807) is 0 Å². The van der Waals surface area contributed by atoms with E-state index in [1.807, 2.05) is 0 Å². The van der Waals surface area contributed by atoms with Gasteiger partial charge in [0.05, 0.1) is 13.6 Å². The summed E-state index contributed by atoms with van der Waals surface area (Å²) in [7, 11) is 2.19. The van der Waals surface area contributed by atoms with E-state index in [4.69, 9.17) is 0 Å². The largest absolute Gasteiger partial charge is 0.262 e. The van der Waals surface area contributed by atoms with Crippen LogP contribution in [0.1, 0.15) is 27.2 Å². The third-order valence-corrected chi connectivity index (χ3v) is 2.80. The lowest BCUT2D eigenvalue weighted by molar-refractivity contribution is -0.527. The summed E-state index contributed by atoms with van der Waals surface area (Å²) in [6.45, 7) is 9.05. The maximum Gasteiger partial charge on any atom is 0.243 e. The minimum Gasteiger partial charge on any atom is -0.262 e. The molecule has 1 rings (SSSR count). The normalized spacial score (nSPS) is 25.1. The van der Waals surface area contributed by atoms with Crippen molar-refractivity contribution in [3.63, 3.8) is 0 Å². The van der Waals surface area contributed by atoms with Crippen molar-refractivity contribution in [3.8, 4) is 0 Å². The van der Waals surface area contributed by atoms with Crippen LogP contribution in [0.2, 0.25) is 0 Å². The second-order valence-corrected chi connectivity index (χ2v) is 3.26. The minimum absolute atomic E-state index is 0.745. The van der Waals surface area contributed by atoms with Crippen molar-refractivity contribution in [1.29, 1.82) is 0 Å². The Kier molecular flexibility index (Phi) is 2.53. The van der Waals surface area contributed by atoms with E-state index in [9.17, 15) is 0 Å². The second kappa shape index (κ2) is 3.24. The zero-order chi connectivity index (χ0) is 8.43. The molecule has 1 unspecified atom stereocenters. The van der Waals surface area contributed by atoms with Gasteiger partial charge in [0.2, 0.25) is 5.84 Å². The molecule has 2 nitrogen and oxygen atoms in total. The van der Waals surface area contributed by atoms with Gasteiger partial charge in [-0.1, -0.05) is 6.92 Å². The number of amidine groups is 1. The van der Waals surface area contributed by atoms with E-state index >= 15 is 0 Å².